The van der Waals surface area contributed by atoms with E-state index in [-0.39, 0.29) is 11.9 Å². The van der Waals surface area contributed by atoms with E-state index < -0.39 is 5.54 Å². The molecule has 0 aliphatic rings. The Morgan fingerprint density at radius 1 is 1.48 bits per heavy atom. The van der Waals surface area contributed by atoms with Crippen LogP contribution in [-0.4, -0.2) is 27.5 Å². The smallest absolute Gasteiger partial charge is 0.237 e. The first-order valence-electron chi connectivity index (χ1n) is 7.44. The number of carbonyl (C=O) groups excluding carboxylic acids is 1. The van der Waals surface area contributed by atoms with E-state index in [1.165, 1.54) is 0 Å². The van der Waals surface area contributed by atoms with Crippen LogP contribution in [0.25, 0.3) is 11.0 Å². The molecule has 0 radical (unpaired) electrons. The molecule has 5 nitrogen and oxygen atoms in total. The van der Waals surface area contributed by atoms with Crippen molar-refractivity contribution in [3.8, 4) is 0 Å². The highest BCUT2D eigenvalue weighted by Gasteiger charge is 2.32. The quantitative estimate of drug-likeness (QED) is 0.820. The molecular formula is C16H24N4O. The molecule has 2 rings (SSSR count). The highest BCUT2D eigenvalue weighted by atomic mass is 16.1. The van der Waals surface area contributed by atoms with Crippen molar-refractivity contribution in [2.24, 2.45) is 5.73 Å². The summed E-state index contributed by atoms with van der Waals surface area (Å²) in [5, 5.41) is 3.28. The number of para-hydroxylation sites is 2. The Labute approximate surface area is 125 Å². The molecule has 1 amide bonds. The van der Waals surface area contributed by atoms with Crippen LogP contribution in [0.3, 0.4) is 0 Å². The number of nitrogens with zero attached hydrogens (tertiary/aromatic N) is 2. The molecule has 0 aliphatic heterocycles. The van der Waals surface area contributed by atoms with Gasteiger partial charge < -0.3 is 15.6 Å². The molecule has 2 unspecified atom stereocenters. The van der Waals surface area contributed by atoms with Gasteiger partial charge in [-0.3, -0.25) is 4.79 Å². The molecule has 1 aromatic carbocycles. The summed E-state index contributed by atoms with van der Waals surface area (Å²) in [6.07, 6.45) is 3.42. The van der Waals surface area contributed by atoms with Crippen molar-refractivity contribution >= 4 is 16.9 Å². The van der Waals surface area contributed by atoms with Gasteiger partial charge in [-0.15, -0.1) is 0 Å². The third kappa shape index (κ3) is 3.24. The van der Waals surface area contributed by atoms with Crippen LogP contribution in [0.15, 0.2) is 30.6 Å². The fourth-order valence-corrected chi connectivity index (χ4v) is 2.68. The van der Waals surface area contributed by atoms with Crippen molar-refractivity contribution in [1.29, 1.82) is 0 Å². The normalized spacial score (nSPS) is 15.8. The van der Waals surface area contributed by atoms with Crippen LogP contribution in [-0.2, 0) is 4.79 Å². The molecule has 3 N–H and O–H groups in total. The minimum Gasteiger partial charge on any atom is -0.368 e. The molecule has 21 heavy (non-hydrogen) atoms. The predicted octanol–water partition coefficient (Wildman–Crippen LogP) is 2.23. The number of rotatable bonds is 7. The van der Waals surface area contributed by atoms with E-state index in [2.05, 4.69) is 28.7 Å². The number of fused-ring (bicyclic) bond motifs is 1. The SMILES string of the molecule is CCCNC(C)(CC(C)n1cnc2ccccc21)C(N)=O. The number of hydrogen-bond acceptors (Lipinski definition) is 3. The maximum absolute atomic E-state index is 11.8. The van der Waals surface area contributed by atoms with E-state index in [0.29, 0.717) is 6.42 Å². The van der Waals surface area contributed by atoms with Crippen LogP contribution in [0.5, 0.6) is 0 Å². The molecule has 1 heterocycles. The lowest BCUT2D eigenvalue weighted by atomic mass is 9.92. The van der Waals surface area contributed by atoms with Gasteiger partial charge in [0.25, 0.3) is 0 Å². The average molecular weight is 288 g/mol. The van der Waals surface area contributed by atoms with Crippen molar-refractivity contribution in [2.75, 3.05) is 6.54 Å². The first kappa shape index (κ1) is 15.5. The monoisotopic (exact) mass is 288 g/mol. The van der Waals surface area contributed by atoms with E-state index in [4.69, 9.17) is 5.73 Å². The van der Waals surface area contributed by atoms with Gasteiger partial charge in [-0.05, 0) is 45.4 Å². The Kier molecular flexibility index (Phi) is 4.63. The van der Waals surface area contributed by atoms with Gasteiger partial charge in [0.1, 0.15) is 0 Å². The maximum atomic E-state index is 11.8. The Hall–Kier alpha value is -1.88. The molecule has 0 bridgehead atoms. The van der Waals surface area contributed by atoms with Crippen LogP contribution in [0.4, 0.5) is 0 Å². The largest absolute Gasteiger partial charge is 0.368 e. The summed E-state index contributed by atoms with van der Waals surface area (Å²) in [4.78, 5) is 16.2. The summed E-state index contributed by atoms with van der Waals surface area (Å²) in [6, 6.07) is 8.12. The van der Waals surface area contributed by atoms with Gasteiger partial charge in [0.2, 0.25) is 5.91 Å². The number of primary amides is 1. The molecule has 114 valence electrons. The van der Waals surface area contributed by atoms with E-state index in [1.54, 1.807) is 0 Å². The third-order valence-corrected chi connectivity index (χ3v) is 3.97. The number of carbonyl (C=O) groups is 1. The number of hydrogen-bond donors (Lipinski definition) is 2. The molecule has 1 aromatic heterocycles. The second kappa shape index (κ2) is 6.26. The van der Waals surface area contributed by atoms with Gasteiger partial charge in [0.15, 0.2) is 0 Å². The van der Waals surface area contributed by atoms with Crippen molar-refractivity contribution in [3.63, 3.8) is 0 Å². The Bertz CT molecular complexity index is 622. The molecule has 5 heteroatoms. The van der Waals surface area contributed by atoms with Crippen molar-refractivity contribution in [3.05, 3.63) is 30.6 Å². The molecule has 0 aliphatic carbocycles. The molecule has 0 saturated carbocycles. The molecule has 2 atom stereocenters. The zero-order chi connectivity index (χ0) is 15.5. The lowest BCUT2D eigenvalue weighted by Crippen LogP contribution is -2.54. The fraction of sp³-hybridized carbons (Fsp3) is 0.500. The number of aromatic nitrogens is 2. The Morgan fingerprint density at radius 2 is 2.19 bits per heavy atom. The summed E-state index contributed by atoms with van der Waals surface area (Å²) in [5.41, 5.74) is 6.93. The number of imidazole rings is 1. The Balaban J connectivity index is 2.22. The second-order valence-electron chi connectivity index (χ2n) is 5.82. The lowest BCUT2D eigenvalue weighted by Gasteiger charge is -2.31. The van der Waals surface area contributed by atoms with Crippen LogP contribution in [0.2, 0.25) is 0 Å². The van der Waals surface area contributed by atoms with Gasteiger partial charge >= 0.3 is 0 Å². The van der Waals surface area contributed by atoms with Gasteiger partial charge in [-0.1, -0.05) is 19.1 Å². The van der Waals surface area contributed by atoms with Crippen LogP contribution < -0.4 is 11.1 Å². The van der Waals surface area contributed by atoms with E-state index >= 15 is 0 Å². The molecule has 2 aromatic rings. The zero-order valence-electron chi connectivity index (χ0n) is 13.0. The van der Waals surface area contributed by atoms with E-state index in [0.717, 1.165) is 24.0 Å². The number of nitrogens with two attached hydrogens (primary N) is 1. The number of amides is 1. The average Bonchev–Trinajstić information content (AvgIpc) is 2.89. The summed E-state index contributed by atoms with van der Waals surface area (Å²) in [5.74, 6) is -0.313. The van der Waals surface area contributed by atoms with Gasteiger partial charge in [-0.25, -0.2) is 4.98 Å². The first-order valence-corrected chi connectivity index (χ1v) is 7.44. The summed E-state index contributed by atoms with van der Waals surface area (Å²) in [7, 11) is 0. The number of benzene rings is 1. The second-order valence-corrected chi connectivity index (χ2v) is 5.82. The lowest BCUT2D eigenvalue weighted by molar-refractivity contribution is -0.124. The summed E-state index contributed by atoms with van der Waals surface area (Å²) in [6.45, 7) is 6.81. The number of nitrogens with one attached hydrogen (secondary N) is 1. The van der Waals surface area contributed by atoms with Gasteiger partial charge in [0, 0.05) is 6.04 Å². The highest BCUT2D eigenvalue weighted by molar-refractivity contribution is 5.84. The van der Waals surface area contributed by atoms with E-state index in [1.807, 2.05) is 37.5 Å². The highest BCUT2D eigenvalue weighted by Crippen LogP contribution is 2.24. The first-order chi connectivity index (χ1) is 9.98. The van der Waals surface area contributed by atoms with Gasteiger partial charge in [-0.2, -0.15) is 0 Å². The van der Waals surface area contributed by atoms with Crippen molar-refractivity contribution in [2.45, 2.75) is 45.2 Å². The third-order valence-electron chi connectivity index (χ3n) is 3.97. The molecular weight excluding hydrogens is 264 g/mol. The van der Waals surface area contributed by atoms with Crippen LogP contribution in [0, 0.1) is 0 Å². The molecule has 0 fully saturated rings. The summed E-state index contributed by atoms with van der Waals surface area (Å²) < 4.78 is 2.10. The predicted molar refractivity (Wildman–Crippen MR) is 85.0 cm³/mol. The standard InChI is InChI=1S/C16H24N4O/c1-4-9-19-16(3,15(17)21)10-12(2)20-11-18-13-7-5-6-8-14(13)20/h5-8,11-12,19H,4,9-10H2,1-3H3,(H2,17,21). The van der Waals surface area contributed by atoms with Crippen molar-refractivity contribution in [1.82, 2.24) is 14.9 Å². The van der Waals surface area contributed by atoms with Crippen LogP contribution >= 0.6 is 0 Å². The summed E-state index contributed by atoms with van der Waals surface area (Å²) >= 11 is 0. The maximum Gasteiger partial charge on any atom is 0.237 e. The van der Waals surface area contributed by atoms with Crippen LogP contribution in [0.1, 0.15) is 39.7 Å². The topological polar surface area (TPSA) is 72.9 Å². The van der Waals surface area contributed by atoms with Crippen molar-refractivity contribution < 1.29 is 4.79 Å². The van der Waals surface area contributed by atoms with E-state index in [9.17, 15) is 4.79 Å². The zero-order valence-corrected chi connectivity index (χ0v) is 13.0. The molecule has 0 spiro atoms. The minimum absolute atomic E-state index is 0.124. The fourth-order valence-electron chi connectivity index (χ4n) is 2.68. The molecule has 0 saturated heterocycles. The Morgan fingerprint density at radius 3 is 2.86 bits per heavy atom. The minimum atomic E-state index is -0.708. The van der Waals surface area contributed by atoms with Gasteiger partial charge in [0.05, 0.1) is 22.9 Å².